The summed E-state index contributed by atoms with van der Waals surface area (Å²) in [5, 5.41) is 7.14. The van der Waals surface area contributed by atoms with Crippen molar-refractivity contribution in [2.45, 2.75) is 20.0 Å². The molecule has 3 rings (SSSR count). The second-order valence-electron chi connectivity index (χ2n) is 5.47. The molecule has 6 heteroatoms. The molecular formula is C17H19N3O2S. The lowest BCUT2D eigenvalue weighted by Crippen LogP contribution is -2.17. The summed E-state index contributed by atoms with van der Waals surface area (Å²) in [4.78, 5) is 6.89. The summed E-state index contributed by atoms with van der Waals surface area (Å²) in [7, 11) is 3.72. The predicted octanol–water partition coefficient (Wildman–Crippen LogP) is 3.75. The minimum absolute atomic E-state index is 0.743. The summed E-state index contributed by atoms with van der Waals surface area (Å²) in [6, 6.07) is 9.93. The summed E-state index contributed by atoms with van der Waals surface area (Å²) in [6.07, 6.45) is 0. The summed E-state index contributed by atoms with van der Waals surface area (Å²) < 4.78 is 10.3. The van der Waals surface area contributed by atoms with Crippen LogP contribution < -0.4 is 4.74 Å². The average Bonchev–Trinajstić information content (AvgIpc) is 3.16. The molecule has 0 atom stereocenters. The van der Waals surface area contributed by atoms with Gasteiger partial charge in [0.1, 0.15) is 16.5 Å². The summed E-state index contributed by atoms with van der Waals surface area (Å²) in [5.41, 5.74) is 3.11. The lowest BCUT2D eigenvalue weighted by Gasteiger charge is -2.12. The Morgan fingerprint density at radius 2 is 1.91 bits per heavy atom. The quantitative estimate of drug-likeness (QED) is 0.689. The van der Waals surface area contributed by atoms with Crippen molar-refractivity contribution in [2.75, 3.05) is 14.2 Å². The van der Waals surface area contributed by atoms with Crippen LogP contribution in [-0.4, -0.2) is 29.2 Å². The van der Waals surface area contributed by atoms with Gasteiger partial charge in [0.15, 0.2) is 0 Å². The van der Waals surface area contributed by atoms with Gasteiger partial charge in [-0.2, -0.15) is 0 Å². The van der Waals surface area contributed by atoms with Crippen LogP contribution in [0, 0.1) is 6.92 Å². The molecule has 0 unspecified atom stereocenters. The molecule has 0 aliphatic rings. The maximum absolute atomic E-state index is 5.18. The number of rotatable bonds is 6. The molecule has 1 aromatic carbocycles. The topological polar surface area (TPSA) is 51.4 Å². The molecule has 120 valence electrons. The SMILES string of the molecule is COc1ccc(-c2nc(CN(C)Cc3cc(C)on3)cs2)cc1. The number of aryl methyl sites for hydroxylation is 1. The number of benzene rings is 1. The zero-order valence-corrected chi connectivity index (χ0v) is 14.3. The van der Waals surface area contributed by atoms with Gasteiger partial charge < -0.3 is 9.26 Å². The van der Waals surface area contributed by atoms with E-state index in [0.717, 1.165) is 46.6 Å². The molecule has 0 saturated heterocycles. The van der Waals surface area contributed by atoms with E-state index in [-0.39, 0.29) is 0 Å². The van der Waals surface area contributed by atoms with Gasteiger partial charge in [0.2, 0.25) is 0 Å². The Kier molecular flexibility index (Phi) is 4.73. The van der Waals surface area contributed by atoms with E-state index >= 15 is 0 Å². The van der Waals surface area contributed by atoms with Gasteiger partial charge in [-0.3, -0.25) is 4.90 Å². The number of ether oxygens (including phenoxy) is 1. The first-order chi connectivity index (χ1) is 11.1. The van der Waals surface area contributed by atoms with Crippen molar-refractivity contribution in [1.29, 1.82) is 0 Å². The van der Waals surface area contributed by atoms with Gasteiger partial charge in [0.25, 0.3) is 0 Å². The molecule has 0 aliphatic carbocycles. The van der Waals surface area contributed by atoms with Crippen molar-refractivity contribution < 1.29 is 9.26 Å². The van der Waals surface area contributed by atoms with Crippen LogP contribution in [0.1, 0.15) is 17.1 Å². The predicted molar refractivity (Wildman–Crippen MR) is 90.5 cm³/mol. The Balaban J connectivity index is 1.64. The zero-order valence-electron chi connectivity index (χ0n) is 13.4. The van der Waals surface area contributed by atoms with Gasteiger partial charge in [0.05, 0.1) is 18.5 Å². The first-order valence-electron chi connectivity index (χ1n) is 7.33. The van der Waals surface area contributed by atoms with E-state index in [4.69, 9.17) is 14.2 Å². The lowest BCUT2D eigenvalue weighted by atomic mass is 10.2. The van der Waals surface area contributed by atoms with Crippen LogP contribution in [0.25, 0.3) is 10.6 Å². The smallest absolute Gasteiger partial charge is 0.133 e. The number of nitrogens with zero attached hydrogens (tertiary/aromatic N) is 3. The lowest BCUT2D eigenvalue weighted by molar-refractivity contribution is 0.299. The molecule has 5 nitrogen and oxygen atoms in total. The fraction of sp³-hybridized carbons (Fsp3) is 0.294. The standard InChI is InChI=1S/C17H19N3O2S/c1-12-8-14(19-22-12)9-20(2)10-15-11-23-17(18-15)13-4-6-16(21-3)7-5-13/h4-8,11H,9-10H2,1-3H3. The second kappa shape index (κ2) is 6.93. The van der Waals surface area contributed by atoms with Crippen LogP contribution in [0.3, 0.4) is 0 Å². The van der Waals surface area contributed by atoms with Gasteiger partial charge >= 0.3 is 0 Å². The first kappa shape index (κ1) is 15.7. The second-order valence-corrected chi connectivity index (χ2v) is 6.33. The van der Waals surface area contributed by atoms with Crippen molar-refractivity contribution in [3.05, 3.63) is 52.9 Å². The highest BCUT2D eigenvalue weighted by molar-refractivity contribution is 7.13. The molecule has 0 spiro atoms. The molecule has 2 heterocycles. The molecule has 0 radical (unpaired) electrons. The van der Waals surface area contributed by atoms with E-state index in [1.54, 1.807) is 18.4 Å². The Morgan fingerprint density at radius 3 is 2.57 bits per heavy atom. The number of hydrogen-bond acceptors (Lipinski definition) is 6. The zero-order chi connectivity index (χ0) is 16.2. The first-order valence-corrected chi connectivity index (χ1v) is 8.21. The number of thiazole rings is 1. The molecule has 0 saturated carbocycles. The third-order valence-corrected chi connectivity index (χ3v) is 4.37. The van der Waals surface area contributed by atoms with Crippen LogP contribution in [0.2, 0.25) is 0 Å². The average molecular weight is 329 g/mol. The van der Waals surface area contributed by atoms with Crippen molar-refractivity contribution >= 4 is 11.3 Å². The van der Waals surface area contributed by atoms with Crippen LogP contribution in [0.4, 0.5) is 0 Å². The Bertz CT molecular complexity index is 764. The van der Waals surface area contributed by atoms with E-state index < -0.39 is 0 Å². The maximum atomic E-state index is 5.18. The third-order valence-electron chi connectivity index (χ3n) is 3.43. The molecule has 0 amide bonds. The number of methoxy groups -OCH3 is 1. The molecule has 3 aromatic rings. The molecule has 0 aliphatic heterocycles. The van der Waals surface area contributed by atoms with Gasteiger partial charge in [-0.05, 0) is 38.2 Å². The molecule has 0 N–H and O–H groups in total. The molecule has 23 heavy (non-hydrogen) atoms. The van der Waals surface area contributed by atoms with E-state index in [1.165, 1.54) is 0 Å². The fourth-order valence-corrected chi connectivity index (χ4v) is 3.16. The third kappa shape index (κ3) is 3.97. The van der Waals surface area contributed by atoms with E-state index in [1.807, 2.05) is 37.3 Å². The Morgan fingerprint density at radius 1 is 1.17 bits per heavy atom. The van der Waals surface area contributed by atoms with Gasteiger partial charge in [0, 0.05) is 30.1 Å². The molecular weight excluding hydrogens is 310 g/mol. The largest absolute Gasteiger partial charge is 0.497 e. The Labute approximate surface area is 139 Å². The van der Waals surface area contributed by atoms with E-state index in [0.29, 0.717) is 0 Å². The summed E-state index contributed by atoms with van der Waals surface area (Å²) in [6.45, 7) is 3.42. The highest BCUT2D eigenvalue weighted by Gasteiger charge is 2.09. The highest BCUT2D eigenvalue weighted by Crippen LogP contribution is 2.26. The van der Waals surface area contributed by atoms with Crippen molar-refractivity contribution in [2.24, 2.45) is 0 Å². The monoisotopic (exact) mass is 329 g/mol. The minimum atomic E-state index is 0.743. The van der Waals surface area contributed by atoms with Gasteiger partial charge in [-0.1, -0.05) is 5.16 Å². The van der Waals surface area contributed by atoms with Gasteiger partial charge in [-0.15, -0.1) is 11.3 Å². The van der Waals surface area contributed by atoms with Crippen LogP contribution in [0.5, 0.6) is 5.75 Å². The summed E-state index contributed by atoms with van der Waals surface area (Å²) in [5.74, 6) is 1.69. The normalized spacial score (nSPS) is 11.1. The van der Waals surface area contributed by atoms with E-state index in [2.05, 4.69) is 22.5 Å². The Hall–Kier alpha value is -2.18. The van der Waals surface area contributed by atoms with Crippen LogP contribution in [0.15, 0.2) is 40.2 Å². The summed E-state index contributed by atoms with van der Waals surface area (Å²) >= 11 is 1.66. The molecule has 0 fully saturated rings. The molecule has 0 bridgehead atoms. The molecule has 2 aromatic heterocycles. The minimum Gasteiger partial charge on any atom is -0.497 e. The van der Waals surface area contributed by atoms with Crippen molar-refractivity contribution in [3.8, 4) is 16.3 Å². The fourth-order valence-electron chi connectivity index (χ4n) is 2.35. The van der Waals surface area contributed by atoms with E-state index in [9.17, 15) is 0 Å². The number of aromatic nitrogens is 2. The number of hydrogen-bond donors (Lipinski definition) is 0. The van der Waals surface area contributed by atoms with Crippen molar-refractivity contribution in [1.82, 2.24) is 15.0 Å². The maximum Gasteiger partial charge on any atom is 0.133 e. The van der Waals surface area contributed by atoms with Crippen molar-refractivity contribution in [3.63, 3.8) is 0 Å². The van der Waals surface area contributed by atoms with Crippen LogP contribution >= 0.6 is 11.3 Å². The van der Waals surface area contributed by atoms with Gasteiger partial charge in [-0.25, -0.2) is 4.98 Å². The highest BCUT2D eigenvalue weighted by atomic mass is 32.1. The van der Waals surface area contributed by atoms with Crippen LogP contribution in [-0.2, 0) is 13.1 Å².